The van der Waals surface area contributed by atoms with Crippen molar-refractivity contribution in [3.05, 3.63) is 58.0 Å². The van der Waals surface area contributed by atoms with Gasteiger partial charge in [-0.3, -0.25) is 4.79 Å². The zero-order valence-electron chi connectivity index (χ0n) is 9.51. The van der Waals surface area contributed by atoms with Crippen molar-refractivity contribution >= 4 is 0 Å². The summed E-state index contributed by atoms with van der Waals surface area (Å²) in [5, 5.41) is 0. The lowest BCUT2D eigenvalue weighted by molar-refractivity contribution is -0.141. The standard InChI is InChI=1S/C13H10F3NO/c1-8-3-2-4-9(5-8)10-6-11(13(14,15)16)17-12(18)7-10/h2-7H,1H3,(H,17,18). The number of H-pyrrole nitrogens is 1. The molecule has 2 rings (SSSR count). The predicted octanol–water partition coefficient (Wildman–Crippen LogP) is 3.37. The van der Waals surface area contributed by atoms with Crippen LogP contribution in [0.25, 0.3) is 11.1 Å². The molecule has 0 saturated heterocycles. The van der Waals surface area contributed by atoms with Gasteiger partial charge in [0, 0.05) is 6.07 Å². The molecule has 0 atom stereocenters. The van der Waals surface area contributed by atoms with Gasteiger partial charge in [-0.15, -0.1) is 0 Å². The van der Waals surface area contributed by atoms with Gasteiger partial charge in [0.1, 0.15) is 5.69 Å². The lowest BCUT2D eigenvalue weighted by atomic mass is 10.0. The van der Waals surface area contributed by atoms with Crippen LogP contribution in [0.4, 0.5) is 13.2 Å². The molecule has 1 aromatic carbocycles. The SMILES string of the molecule is Cc1cccc(-c2cc(C(F)(F)F)[nH]c(=O)c2)c1. The van der Waals surface area contributed by atoms with Crippen molar-refractivity contribution in [1.82, 2.24) is 4.98 Å². The van der Waals surface area contributed by atoms with E-state index in [1.165, 1.54) is 0 Å². The first-order valence-corrected chi connectivity index (χ1v) is 5.25. The zero-order valence-corrected chi connectivity index (χ0v) is 9.51. The summed E-state index contributed by atoms with van der Waals surface area (Å²) in [7, 11) is 0. The molecule has 5 heteroatoms. The first kappa shape index (κ1) is 12.4. The van der Waals surface area contributed by atoms with Crippen molar-refractivity contribution in [2.75, 3.05) is 0 Å². The smallest absolute Gasteiger partial charge is 0.318 e. The maximum atomic E-state index is 12.6. The number of hydrogen-bond donors (Lipinski definition) is 1. The molecule has 0 saturated carbocycles. The highest BCUT2D eigenvalue weighted by atomic mass is 19.4. The fourth-order valence-electron chi connectivity index (χ4n) is 1.69. The Hall–Kier alpha value is -2.04. The van der Waals surface area contributed by atoms with Gasteiger partial charge in [0.05, 0.1) is 0 Å². The Labute approximate surface area is 101 Å². The van der Waals surface area contributed by atoms with E-state index in [4.69, 9.17) is 0 Å². The van der Waals surface area contributed by atoms with E-state index in [-0.39, 0.29) is 5.56 Å². The molecule has 1 heterocycles. The van der Waals surface area contributed by atoms with Crippen molar-refractivity contribution in [3.63, 3.8) is 0 Å². The fourth-order valence-corrected chi connectivity index (χ4v) is 1.69. The van der Waals surface area contributed by atoms with Gasteiger partial charge in [-0.05, 0) is 24.1 Å². The van der Waals surface area contributed by atoms with Gasteiger partial charge in [0.2, 0.25) is 5.56 Å². The number of pyridine rings is 1. The van der Waals surface area contributed by atoms with Crippen LogP contribution < -0.4 is 5.56 Å². The van der Waals surface area contributed by atoms with Gasteiger partial charge in [0.25, 0.3) is 0 Å². The Morgan fingerprint density at radius 3 is 2.39 bits per heavy atom. The molecule has 1 N–H and O–H groups in total. The molecule has 0 aliphatic heterocycles. The average Bonchev–Trinajstić information content (AvgIpc) is 2.27. The molecule has 1 aromatic heterocycles. The second-order valence-electron chi connectivity index (χ2n) is 4.01. The Kier molecular flexibility index (Phi) is 2.98. The third-order valence-corrected chi connectivity index (χ3v) is 2.50. The van der Waals surface area contributed by atoms with E-state index in [0.29, 0.717) is 5.56 Å². The highest BCUT2D eigenvalue weighted by Crippen LogP contribution is 2.29. The highest BCUT2D eigenvalue weighted by molar-refractivity contribution is 5.64. The van der Waals surface area contributed by atoms with E-state index in [1.807, 2.05) is 13.0 Å². The predicted molar refractivity (Wildman–Crippen MR) is 62.2 cm³/mol. The van der Waals surface area contributed by atoms with E-state index in [0.717, 1.165) is 17.7 Å². The first-order chi connectivity index (χ1) is 8.36. The fraction of sp³-hybridized carbons (Fsp3) is 0.154. The summed E-state index contributed by atoms with van der Waals surface area (Å²) in [5.74, 6) is 0. The molecule has 0 spiro atoms. The van der Waals surface area contributed by atoms with Crippen molar-refractivity contribution in [1.29, 1.82) is 0 Å². The summed E-state index contributed by atoms with van der Waals surface area (Å²) >= 11 is 0. The highest BCUT2D eigenvalue weighted by Gasteiger charge is 2.32. The number of aromatic nitrogens is 1. The lowest BCUT2D eigenvalue weighted by Gasteiger charge is -2.08. The molecular weight excluding hydrogens is 243 g/mol. The quantitative estimate of drug-likeness (QED) is 0.830. The van der Waals surface area contributed by atoms with Crippen LogP contribution in [0, 0.1) is 6.92 Å². The van der Waals surface area contributed by atoms with Crippen LogP contribution in [0.15, 0.2) is 41.2 Å². The second kappa shape index (κ2) is 4.33. The average molecular weight is 253 g/mol. The monoisotopic (exact) mass is 253 g/mol. The number of rotatable bonds is 1. The molecule has 0 unspecified atom stereocenters. The van der Waals surface area contributed by atoms with Gasteiger partial charge in [-0.25, -0.2) is 0 Å². The van der Waals surface area contributed by atoms with Crippen molar-refractivity contribution in [3.8, 4) is 11.1 Å². The van der Waals surface area contributed by atoms with Crippen LogP contribution in [0.3, 0.4) is 0 Å². The van der Waals surface area contributed by atoms with Gasteiger partial charge < -0.3 is 4.98 Å². The number of aromatic amines is 1. The van der Waals surface area contributed by atoms with Crippen LogP contribution in [0.2, 0.25) is 0 Å². The molecule has 0 bridgehead atoms. The molecule has 0 aliphatic carbocycles. The second-order valence-corrected chi connectivity index (χ2v) is 4.01. The Bertz CT molecular complexity index is 629. The number of benzene rings is 1. The van der Waals surface area contributed by atoms with E-state index >= 15 is 0 Å². The molecule has 0 fully saturated rings. The van der Waals surface area contributed by atoms with E-state index in [9.17, 15) is 18.0 Å². The van der Waals surface area contributed by atoms with Crippen molar-refractivity contribution < 1.29 is 13.2 Å². The molecule has 2 nitrogen and oxygen atoms in total. The molecule has 0 amide bonds. The number of alkyl halides is 3. The minimum atomic E-state index is -4.56. The van der Waals surface area contributed by atoms with Crippen LogP contribution in [0.1, 0.15) is 11.3 Å². The van der Waals surface area contributed by atoms with Crippen molar-refractivity contribution in [2.24, 2.45) is 0 Å². The Morgan fingerprint density at radius 2 is 1.78 bits per heavy atom. The zero-order chi connectivity index (χ0) is 13.3. The minimum Gasteiger partial charge on any atom is -0.318 e. The normalized spacial score (nSPS) is 11.6. The first-order valence-electron chi connectivity index (χ1n) is 5.25. The number of halogens is 3. The molecule has 0 aliphatic rings. The Balaban J connectivity index is 2.59. The molecule has 18 heavy (non-hydrogen) atoms. The number of hydrogen-bond acceptors (Lipinski definition) is 1. The maximum Gasteiger partial charge on any atom is 0.431 e. The maximum absolute atomic E-state index is 12.6. The molecule has 2 aromatic rings. The molecule has 94 valence electrons. The minimum absolute atomic E-state index is 0.259. The lowest BCUT2D eigenvalue weighted by Crippen LogP contribution is -2.15. The summed E-state index contributed by atoms with van der Waals surface area (Å²) < 4.78 is 37.7. The molecular formula is C13H10F3NO. The van der Waals surface area contributed by atoms with Crippen LogP contribution in [-0.2, 0) is 6.18 Å². The van der Waals surface area contributed by atoms with Gasteiger partial charge >= 0.3 is 6.18 Å². The van der Waals surface area contributed by atoms with Crippen LogP contribution in [-0.4, -0.2) is 4.98 Å². The van der Waals surface area contributed by atoms with E-state index < -0.39 is 17.4 Å². The summed E-state index contributed by atoms with van der Waals surface area (Å²) in [6, 6.07) is 9.07. The number of nitrogens with one attached hydrogen (secondary N) is 1. The van der Waals surface area contributed by atoms with E-state index in [2.05, 4.69) is 0 Å². The largest absolute Gasteiger partial charge is 0.431 e. The third kappa shape index (κ3) is 2.61. The van der Waals surface area contributed by atoms with Crippen LogP contribution in [0.5, 0.6) is 0 Å². The third-order valence-electron chi connectivity index (χ3n) is 2.50. The van der Waals surface area contributed by atoms with Gasteiger partial charge in [-0.2, -0.15) is 13.2 Å². The number of aryl methyl sites for hydroxylation is 1. The molecule has 0 radical (unpaired) electrons. The van der Waals surface area contributed by atoms with Crippen LogP contribution >= 0.6 is 0 Å². The van der Waals surface area contributed by atoms with Crippen molar-refractivity contribution in [2.45, 2.75) is 13.1 Å². The summed E-state index contributed by atoms with van der Waals surface area (Å²) in [4.78, 5) is 13.1. The summed E-state index contributed by atoms with van der Waals surface area (Å²) in [5.41, 5.74) is -0.0319. The Morgan fingerprint density at radius 1 is 1.06 bits per heavy atom. The summed E-state index contributed by atoms with van der Waals surface area (Å²) in [6.07, 6.45) is -4.56. The van der Waals surface area contributed by atoms with Gasteiger partial charge in [-0.1, -0.05) is 29.8 Å². The van der Waals surface area contributed by atoms with E-state index in [1.54, 1.807) is 23.2 Å². The van der Waals surface area contributed by atoms with Gasteiger partial charge in [0.15, 0.2) is 0 Å². The topological polar surface area (TPSA) is 32.9 Å². The summed E-state index contributed by atoms with van der Waals surface area (Å²) in [6.45, 7) is 1.83.